The highest BCUT2D eigenvalue weighted by atomic mass is 35.5. The zero-order chi connectivity index (χ0) is 23.2. The number of nitrogen functional groups attached to an aromatic ring is 1. The fraction of sp³-hybridized carbons (Fsp3) is 0.571. The fourth-order valence-electron chi connectivity index (χ4n) is 3.01. The van der Waals surface area contributed by atoms with E-state index in [-0.39, 0.29) is 23.5 Å². The molecule has 172 valence electrons. The van der Waals surface area contributed by atoms with Crippen LogP contribution in [0.15, 0.2) is 12.1 Å². The van der Waals surface area contributed by atoms with E-state index in [1.165, 1.54) is 19.2 Å². The van der Waals surface area contributed by atoms with Crippen LogP contribution < -0.4 is 15.8 Å². The lowest BCUT2D eigenvalue weighted by Gasteiger charge is -2.31. The maximum Gasteiger partial charge on any atom is 0.323 e. The molecule has 1 aromatic carbocycles. The largest absolute Gasteiger partial charge is 0.496 e. The molecule has 1 aliphatic rings. The number of nitrogens with two attached hydrogens (primary N) is 1. The van der Waals surface area contributed by atoms with Crippen molar-refractivity contribution in [2.75, 3.05) is 39.3 Å². The number of esters is 2. The van der Waals surface area contributed by atoms with E-state index in [9.17, 15) is 14.4 Å². The van der Waals surface area contributed by atoms with E-state index >= 15 is 0 Å². The monoisotopic (exact) mass is 455 g/mol. The van der Waals surface area contributed by atoms with Gasteiger partial charge in [-0.2, -0.15) is 0 Å². The molecule has 0 saturated carbocycles. The number of likely N-dealkylation sites (tertiary alicyclic amines) is 1. The number of rotatable bonds is 7. The predicted molar refractivity (Wildman–Crippen MR) is 116 cm³/mol. The van der Waals surface area contributed by atoms with Crippen LogP contribution in [0.25, 0.3) is 0 Å². The second-order valence-electron chi connectivity index (χ2n) is 8.41. The average molecular weight is 456 g/mol. The third-order valence-electron chi connectivity index (χ3n) is 4.86. The summed E-state index contributed by atoms with van der Waals surface area (Å²) in [5, 5.41) is 3.26. The average Bonchev–Trinajstić information content (AvgIpc) is 2.70. The number of carbonyl (C=O) groups excluding carboxylic acids is 3. The van der Waals surface area contributed by atoms with Gasteiger partial charge in [0.1, 0.15) is 5.75 Å². The Labute approximate surface area is 187 Å². The van der Waals surface area contributed by atoms with Gasteiger partial charge in [-0.3, -0.25) is 19.3 Å². The number of hydrogen-bond acceptors (Lipinski definition) is 8. The van der Waals surface area contributed by atoms with Crippen molar-refractivity contribution in [1.82, 2.24) is 10.2 Å². The van der Waals surface area contributed by atoms with Crippen LogP contribution in [-0.4, -0.2) is 62.3 Å². The molecule has 0 unspecified atom stereocenters. The summed E-state index contributed by atoms with van der Waals surface area (Å²) in [6.45, 7) is 6.08. The number of amides is 1. The number of halogens is 1. The second-order valence-corrected chi connectivity index (χ2v) is 8.82. The number of benzene rings is 1. The van der Waals surface area contributed by atoms with Crippen molar-refractivity contribution >= 4 is 35.1 Å². The molecule has 0 aromatic heterocycles. The Hall–Kier alpha value is -2.52. The lowest BCUT2D eigenvalue weighted by molar-refractivity contribution is -0.173. The molecule has 1 saturated heterocycles. The lowest BCUT2D eigenvalue weighted by Crippen LogP contribution is -2.46. The molecule has 0 bridgehead atoms. The Morgan fingerprint density at radius 2 is 1.84 bits per heavy atom. The van der Waals surface area contributed by atoms with Crippen LogP contribution in [0.1, 0.15) is 44.0 Å². The van der Waals surface area contributed by atoms with Gasteiger partial charge in [0.05, 0.1) is 35.3 Å². The van der Waals surface area contributed by atoms with Gasteiger partial charge in [0.15, 0.2) is 0 Å². The van der Waals surface area contributed by atoms with Gasteiger partial charge in [-0.25, -0.2) is 0 Å². The van der Waals surface area contributed by atoms with Gasteiger partial charge >= 0.3 is 11.9 Å². The third kappa shape index (κ3) is 7.29. The SMILES string of the molecule is COc1cc(N)c(Cl)cc1C(=O)NC1CCN(CC(=O)OCOC(=O)C(C)(C)C)CC1. The van der Waals surface area contributed by atoms with Crippen LogP contribution in [0, 0.1) is 5.41 Å². The Bertz CT molecular complexity index is 816. The van der Waals surface area contributed by atoms with Gasteiger partial charge in [0, 0.05) is 25.2 Å². The molecule has 0 aliphatic carbocycles. The van der Waals surface area contributed by atoms with Crippen LogP contribution in [0.5, 0.6) is 5.75 Å². The molecule has 31 heavy (non-hydrogen) atoms. The van der Waals surface area contributed by atoms with E-state index in [1.54, 1.807) is 20.8 Å². The molecule has 10 heteroatoms. The summed E-state index contributed by atoms with van der Waals surface area (Å²) in [6.07, 6.45) is 1.34. The first kappa shape index (κ1) is 24.7. The van der Waals surface area contributed by atoms with E-state index < -0.39 is 24.1 Å². The van der Waals surface area contributed by atoms with Crippen LogP contribution in [0.2, 0.25) is 5.02 Å². The summed E-state index contributed by atoms with van der Waals surface area (Å²) in [5.74, 6) is -0.842. The first-order valence-corrected chi connectivity index (χ1v) is 10.4. The number of hydrogen-bond donors (Lipinski definition) is 2. The van der Waals surface area contributed by atoms with E-state index in [1.807, 2.05) is 4.90 Å². The van der Waals surface area contributed by atoms with Crippen molar-refractivity contribution in [3.63, 3.8) is 0 Å². The number of ether oxygens (including phenoxy) is 3. The molecule has 1 aromatic rings. The van der Waals surface area contributed by atoms with E-state index in [4.69, 9.17) is 31.5 Å². The van der Waals surface area contributed by atoms with Crippen molar-refractivity contribution in [3.8, 4) is 5.75 Å². The highest BCUT2D eigenvalue weighted by Gasteiger charge is 2.26. The Morgan fingerprint density at radius 1 is 1.19 bits per heavy atom. The molecule has 0 radical (unpaired) electrons. The molecular formula is C21H30ClN3O6. The first-order valence-electron chi connectivity index (χ1n) is 10.0. The number of nitrogens with zero attached hydrogens (tertiary/aromatic N) is 1. The van der Waals surface area contributed by atoms with Gasteiger partial charge in [0.25, 0.3) is 5.91 Å². The van der Waals surface area contributed by atoms with Gasteiger partial charge in [-0.1, -0.05) is 11.6 Å². The summed E-state index contributed by atoms with van der Waals surface area (Å²) in [4.78, 5) is 38.2. The molecule has 1 amide bonds. The Kier molecular flexibility index (Phi) is 8.52. The summed E-state index contributed by atoms with van der Waals surface area (Å²) >= 11 is 6.03. The maximum atomic E-state index is 12.6. The molecule has 1 aliphatic heterocycles. The summed E-state index contributed by atoms with van der Waals surface area (Å²) in [7, 11) is 1.46. The minimum atomic E-state index is -0.652. The fourth-order valence-corrected chi connectivity index (χ4v) is 3.17. The van der Waals surface area contributed by atoms with Crippen LogP contribution in [0.3, 0.4) is 0 Å². The Balaban J connectivity index is 1.76. The van der Waals surface area contributed by atoms with E-state index in [0.29, 0.717) is 42.9 Å². The molecular weight excluding hydrogens is 426 g/mol. The molecule has 2 rings (SSSR count). The number of carbonyl (C=O) groups is 3. The highest BCUT2D eigenvalue weighted by molar-refractivity contribution is 6.33. The zero-order valence-electron chi connectivity index (χ0n) is 18.3. The zero-order valence-corrected chi connectivity index (χ0v) is 19.1. The van der Waals surface area contributed by atoms with Crippen LogP contribution >= 0.6 is 11.6 Å². The van der Waals surface area contributed by atoms with Crippen LogP contribution in [-0.2, 0) is 19.1 Å². The van der Waals surface area contributed by atoms with Crippen LogP contribution in [0.4, 0.5) is 5.69 Å². The smallest absolute Gasteiger partial charge is 0.323 e. The first-order chi connectivity index (χ1) is 14.5. The molecule has 9 nitrogen and oxygen atoms in total. The van der Waals surface area contributed by atoms with Gasteiger partial charge in [-0.05, 0) is 39.7 Å². The van der Waals surface area contributed by atoms with E-state index in [0.717, 1.165) is 0 Å². The van der Waals surface area contributed by atoms with Gasteiger partial charge < -0.3 is 25.3 Å². The van der Waals surface area contributed by atoms with Crippen molar-refractivity contribution in [2.45, 2.75) is 39.7 Å². The highest BCUT2D eigenvalue weighted by Crippen LogP contribution is 2.29. The third-order valence-corrected chi connectivity index (χ3v) is 5.19. The molecule has 1 heterocycles. The molecule has 0 spiro atoms. The lowest BCUT2D eigenvalue weighted by atomic mass is 9.98. The second kappa shape index (κ2) is 10.7. The minimum Gasteiger partial charge on any atom is -0.496 e. The summed E-state index contributed by atoms with van der Waals surface area (Å²) < 4.78 is 15.1. The van der Waals surface area contributed by atoms with Gasteiger partial charge in [-0.15, -0.1) is 0 Å². The molecule has 3 N–H and O–H groups in total. The summed E-state index contributed by atoms with van der Waals surface area (Å²) in [6, 6.07) is 2.96. The maximum absolute atomic E-state index is 12.6. The standard InChI is InChI=1S/C21H30ClN3O6/c1-21(2,3)20(28)31-12-30-18(26)11-25-7-5-13(6-8-25)24-19(27)14-9-15(22)16(23)10-17(14)29-4/h9-10,13H,5-8,11-12,23H2,1-4H3,(H,24,27). The summed E-state index contributed by atoms with van der Waals surface area (Å²) in [5.41, 5.74) is 5.76. The topological polar surface area (TPSA) is 120 Å². The number of nitrogens with one attached hydrogen (secondary N) is 1. The molecule has 1 fully saturated rings. The predicted octanol–water partition coefficient (Wildman–Crippen LogP) is 2.21. The number of anilines is 1. The molecule has 0 atom stereocenters. The van der Waals surface area contributed by atoms with Crippen molar-refractivity contribution in [1.29, 1.82) is 0 Å². The van der Waals surface area contributed by atoms with Crippen molar-refractivity contribution in [3.05, 3.63) is 22.7 Å². The van der Waals surface area contributed by atoms with Crippen molar-refractivity contribution in [2.24, 2.45) is 5.41 Å². The van der Waals surface area contributed by atoms with Crippen molar-refractivity contribution < 1.29 is 28.6 Å². The number of piperidine rings is 1. The number of methoxy groups -OCH3 is 1. The normalized spacial score (nSPS) is 15.3. The Morgan fingerprint density at radius 3 is 2.42 bits per heavy atom. The quantitative estimate of drug-likeness (QED) is 0.364. The van der Waals surface area contributed by atoms with E-state index in [2.05, 4.69) is 5.32 Å². The minimum absolute atomic E-state index is 0.0476. The van der Waals surface area contributed by atoms with Gasteiger partial charge in [0.2, 0.25) is 6.79 Å².